The molecule has 0 amide bonds. The van der Waals surface area contributed by atoms with Crippen molar-refractivity contribution < 1.29 is 0 Å². The summed E-state index contributed by atoms with van der Waals surface area (Å²) in [6.45, 7) is 5.38. The zero-order chi connectivity index (χ0) is 14.8. The third-order valence-electron chi connectivity index (χ3n) is 3.35. The summed E-state index contributed by atoms with van der Waals surface area (Å²) < 4.78 is 1.66. The van der Waals surface area contributed by atoms with E-state index in [1.165, 1.54) is 12.8 Å². The highest BCUT2D eigenvalue weighted by Gasteiger charge is 2.31. The van der Waals surface area contributed by atoms with Gasteiger partial charge in [-0.25, -0.2) is 4.68 Å². The number of anilines is 2. The van der Waals surface area contributed by atoms with Gasteiger partial charge in [0.05, 0.1) is 0 Å². The molecule has 0 aliphatic heterocycles. The molecule has 2 aromatic rings. The fourth-order valence-corrected chi connectivity index (χ4v) is 2.26. The van der Waals surface area contributed by atoms with E-state index >= 15 is 0 Å². The lowest BCUT2D eigenvalue weighted by molar-refractivity contribution is 0.594. The fourth-order valence-electron chi connectivity index (χ4n) is 2.26. The summed E-state index contributed by atoms with van der Waals surface area (Å²) >= 11 is 0. The van der Waals surface area contributed by atoms with Crippen LogP contribution in [0.25, 0.3) is 5.95 Å². The molecule has 0 unspecified atom stereocenters. The van der Waals surface area contributed by atoms with Crippen molar-refractivity contribution in [2.75, 3.05) is 23.8 Å². The Kier molecular flexibility index (Phi) is 3.72. The SMILES string of the molecule is CNc1nc(N(CC(C)C)C2CC2)nc(-n2cccn2)n1. The second-order valence-corrected chi connectivity index (χ2v) is 5.74. The normalized spacial score (nSPS) is 14.5. The Morgan fingerprint density at radius 3 is 2.71 bits per heavy atom. The van der Waals surface area contributed by atoms with Crippen molar-refractivity contribution in [1.82, 2.24) is 24.7 Å². The molecule has 0 atom stereocenters. The highest BCUT2D eigenvalue weighted by atomic mass is 15.4. The van der Waals surface area contributed by atoms with Crippen molar-refractivity contribution in [2.45, 2.75) is 32.7 Å². The van der Waals surface area contributed by atoms with Crippen LogP contribution in [0.3, 0.4) is 0 Å². The minimum absolute atomic E-state index is 0.545. The monoisotopic (exact) mass is 287 g/mol. The Hall–Kier alpha value is -2.18. The number of nitrogens with one attached hydrogen (secondary N) is 1. The van der Waals surface area contributed by atoms with Gasteiger partial charge in [0.15, 0.2) is 0 Å². The van der Waals surface area contributed by atoms with Crippen LogP contribution in [0.1, 0.15) is 26.7 Å². The maximum atomic E-state index is 4.60. The molecule has 1 N–H and O–H groups in total. The van der Waals surface area contributed by atoms with Crippen LogP contribution in [0, 0.1) is 5.92 Å². The van der Waals surface area contributed by atoms with Gasteiger partial charge >= 0.3 is 0 Å². The quantitative estimate of drug-likeness (QED) is 0.872. The molecule has 1 aliphatic carbocycles. The minimum Gasteiger partial charge on any atom is -0.357 e. The first-order valence-corrected chi connectivity index (χ1v) is 7.38. The molecular weight excluding hydrogens is 266 g/mol. The van der Waals surface area contributed by atoms with E-state index in [4.69, 9.17) is 0 Å². The Labute approximate surface area is 124 Å². The van der Waals surface area contributed by atoms with Gasteiger partial charge in [0, 0.05) is 32.0 Å². The van der Waals surface area contributed by atoms with E-state index in [1.807, 2.05) is 19.3 Å². The lowest BCUT2D eigenvalue weighted by atomic mass is 10.2. The predicted octanol–water partition coefficient (Wildman–Crippen LogP) is 1.72. The van der Waals surface area contributed by atoms with Crippen LogP contribution in [-0.4, -0.2) is 44.4 Å². The topological polar surface area (TPSA) is 71.8 Å². The van der Waals surface area contributed by atoms with E-state index in [-0.39, 0.29) is 0 Å². The molecule has 21 heavy (non-hydrogen) atoms. The molecule has 1 fully saturated rings. The molecule has 3 rings (SSSR count). The number of hydrogen-bond acceptors (Lipinski definition) is 6. The largest absolute Gasteiger partial charge is 0.357 e. The smallest absolute Gasteiger partial charge is 0.257 e. The second-order valence-electron chi connectivity index (χ2n) is 5.74. The summed E-state index contributed by atoms with van der Waals surface area (Å²) in [6.07, 6.45) is 5.98. The van der Waals surface area contributed by atoms with Crippen LogP contribution in [0.15, 0.2) is 18.5 Å². The molecule has 0 bridgehead atoms. The van der Waals surface area contributed by atoms with Gasteiger partial charge in [-0.15, -0.1) is 0 Å². The van der Waals surface area contributed by atoms with Crippen LogP contribution in [0.2, 0.25) is 0 Å². The average molecular weight is 287 g/mol. The first-order chi connectivity index (χ1) is 10.2. The molecule has 0 saturated heterocycles. The summed E-state index contributed by atoms with van der Waals surface area (Å²) in [4.78, 5) is 15.8. The second kappa shape index (κ2) is 5.67. The Morgan fingerprint density at radius 2 is 2.14 bits per heavy atom. The van der Waals surface area contributed by atoms with E-state index in [0.717, 1.165) is 12.5 Å². The van der Waals surface area contributed by atoms with Crippen molar-refractivity contribution in [3.8, 4) is 5.95 Å². The summed E-state index contributed by atoms with van der Waals surface area (Å²) in [5.41, 5.74) is 0. The maximum Gasteiger partial charge on any atom is 0.257 e. The van der Waals surface area contributed by atoms with Gasteiger partial charge < -0.3 is 10.2 Å². The average Bonchev–Trinajstić information content (AvgIpc) is 3.17. The van der Waals surface area contributed by atoms with Gasteiger partial charge in [-0.05, 0) is 24.8 Å². The third kappa shape index (κ3) is 3.12. The van der Waals surface area contributed by atoms with E-state index < -0.39 is 0 Å². The van der Waals surface area contributed by atoms with Crippen LogP contribution in [0.5, 0.6) is 0 Å². The van der Waals surface area contributed by atoms with Crippen LogP contribution >= 0.6 is 0 Å². The first kappa shape index (κ1) is 13.8. The maximum absolute atomic E-state index is 4.60. The number of aromatic nitrogens is 5. The summed E-state index contributed by atoms with van der Waals surface area (Å²) in [5, 5.41) is 7.21. The highest BCUT2D eigenvalue weighted by Crippen LogP contribution is 2.31. The molecule has 2 aromatic heterocycles. The van der Waals surface area contributed by atoms with E-state index in [2.05, 4.69) is 44.1 Å². The Morgan fingerprint density at radius 1 is 1.33 bits per heavy atom. The van der Waals surface area contributed by atoms with E-state index in [1.54, 1.807) is 10.9 Å². The zero-order valence-electron chi connectivity index (χ0n) is 12.7. The molecule has 0 aromatic carbocycles. The van der Waals surface area contributed by atoms with Crippen molar-refractivity contribution in [3.05, 3.63) is 18.5 Å². The van der Waals surface area contributed by atoms with Gasteiger partial charge in [0.1, 0.15) is 0 Å². The molecule has 0 radical (unpaired) electrons. The molecular formula is C14H21N7. The third-order valence-corrected chi connectivity index (χ3v) is 3.35. The van der Waals surface area contributed by atoms with E-state index in [0.29, 0.717) is 23.9 Å². The molecule has 112 valence electrons. The summed E-state index contributed by atoms with van der Waals surface area (Å²) in [6, 6.07) is 2.42. The van der Waals surface area contributed by atoms with Crippen molar-refractivity contribution in [1.29, 1.82) is 0 Å². The van der Waals surface area contributed by atoms with Crippen LogP contribution in [-0.2, 0) is 0 Å². The first-order valence-electron chi connectivity index (χ1n) is 7.38. The predicted molar refractivity (Wildman–Crippen MR) is 81.7 cm³/mol. The molecule has 0 spiro atoms. The van der Waals surface area contributed by atoms with Crippen LogP contribution < -0.4 is 10.2 Å². The standard InChI is InChI=1S/C14H21N7/c1-10(2)9-20(11-5-6-11)13-17-12(15-3)18-14(19-13)21-8-4-7-16-21/h4,7-8,10-11H,5-6,9H2,1-3H3,(H,15,17,18,19). The fraction of sp³-hybridized carbons (Fsp3) is 0.571. The molecule has 1 saturated carbocycles. The van der Waals surface area contributed by atoms with Crippen molar-refractivity contribution in [2.24, 2.45) is 5.92 Å². The Bertz CT molecular complexity index is 589. The van der Waals surface area contributed by atoms with Gasteiger partial charge in [0.2, 0.25) is 11.9 Å². The lowest BCUT2D eigenvalue weighted by Crippen LogP contribution is -2.32. The molecule has 7 nitrogen and oxygen atoms in total. The molecule has 7 heteroatoms. The number of rotatable bonds is 6. The lowest BCUT2D eigenvalue weighted by Gasteiger charge is -2.24. The van der Waals surface area contributed by atoms with Gasteiger partial charge in [-0.3, -0.25) is 0 Å². The van der Waals surface area contributed by atoms with Crippen molar-refractivity contribution >= 4 is 11.9 Å². The van der Waals surface area contributed by atoms with Gasteiger partial charge in [0.25, 0.3) is 5.95 Å². The number of hydrogen-bond donors (Lipinski definition) is 1. The number of nitrogens with zero attached hydrogens (tertiary/aromatic N) is 6. The van der Waals surface area contributed by atoms with Crippen LogP contribution in [0.4, 0.5) is 11.9 Å². The van der Waals surface area contributed by atoms with Gasteiger partial charge in [-0.1, -0.05) is 13.8 Å². The van der Waals surface area contributed by atoms with Gasteiger partial charge in [-0.2, -0.15) is 20.1 Å². The molecule has 1 aliphatic rings. The minimum atomic E-state index is 0.545. The van der Waals surface area contributed by atoms with Crippen molar-refractivity contribution in [3.63, 3.8) is 0 Å². The van der Waals surface area contributed by atoms with E-state index in [9.17, 15) is 0 Å². The Balaban J connectivity index is 1.98. The molecule has 2 heterocycles. The highest BCUT2D eigenvalue weighted by molar-refractivity contribution is 5.41. The zero-order valence-corrected chi connectivity index (χ0v) is 12.7. The summed E-state index contributed by atoms with van der Waals surface area (Å²) in [5.74, 6) is 2.41. The summed E-state index contributed by atoms with van der Waals surface area (Å²) in [7, 11) is 1.82.